The smallest absolute Gasteiger partial charge is 0.410 e. The number of aryl methyl sites for hydroxylation is 1. The van der Waals surface area contributed by atoms with Crippen LogP contribution in [-0.4, -0.2) is 52.7 Å². The van der Waals surface area contributed by atoms with E-state index in [1.165, 1.54) is 0 Å². The average molecular weight is 567 g/mol. The number of hydrogen-bond donors (Lipinski definition) is 0. The molecule has 0 atom stereocenters. The molecule has 2 aromatic carbocycles. The van der Waals surface area contributed by atoms with Crippen molar-refractivity contribution in [2.24, 2.45) is 0 Å². The predicted octanol–water partition coefficient (Wildman–Crippen LogP) is 6.67. The zero-order valence-corrected chi connectivity index (χ0v) is 24.7. The molecule has 3 heterocycles. The van der Waals surface area contributed by atoms with E-state index in [0.29, 0.717) is 51.2 Å². The van der Waals surface area contributed by atoms with Crippen LogP contribution in [0.15, 0.2) is 84.9 Å². The van der Waals surface area contributed by atoms with Gasteiger partial charge >= 0.3 is 6.09 Å². The zero-order valence-electron chi connectivity index (χ0n) is 24.7. The number of rotatable bonds is 8. The lowest BCUT2D eigenvalue weighted by molar-refractivity contribution is 0.0240. The van der Waals surface area contributed by atoms with E-state index >= 15 is 0 Å². The van der Waals surface area contributed by atoms with Crippen LogP contribution in [-0.2, 0) is 18.0 Å². The molecule has 1 aliphatic rings. The molecule has 1 saturated heterocycles. The number of benzene rings is 2. The van der Waals surface area contributed by atoms with Gasteiger partial charge in [-0.1, -0.05) is 60.7 Å². The van der Waals surface area contributed by atoms with Gasteiger partial charge in [-0.05, 0) is 57.0 Å². The van der Waals surface area contributed by atoms with Gasteiger partial charge in [-0.2, -0.15) is 4.98 Å². The molecule has 1 fully saturated rings. The van der Waals surface area contributed by atoms with Gasteiger partial charge < -0.3 is 24.0 Å². The fourth-order valence-electron chi connectivity index (χ4n) is 4.76. The monoisotopic (exact) mass is 566 g/mol. The van der Waals surface area contributed by atoms with Crippen LogP contribution in [0, 0.1) is 6.92 Å². The lowest BCUT2D eigenvalue weighted by atomic mass is 10.1. The van der Waals surface area contributed by atoms with Crippen LogP contribution in [0.5, 0.6) is 11.8 Å². The molecule has 5 rings (SSSR count). The SMILES string of the molecule is Cc1nc(-c2ccc(OCc3ccccc3)nc2OCc2ccccc2)ccc1N1CCN(C(=O)OC(C)(C)C)CC1. The maximum absolute atomic E-state index is 12.5. The van der Waals surface area contributed by atoms with E-state index in [1.807, 2.05) is 107 Å². The number of carbonyl (C=O) groups excluding carboxylic acids is 1. The Morgan fingerprint density at radius 2 is 1.38 bits per heavy atom. The summed E-state index contributed by atoms with van der Waals surface area (Å²) in [5, 5.41) is 0. The number of aromatic nitrogens is 2. The van der Waals surface area contributed by atoms with Crippen molar-refractivity contribution < 1.29 is 19.0 Å². The molecular formula is C34H38N4O4. The van der Waals surface area contributed by atoms with E-state index in [1.54, 1.807) is 4.90 Å². The number of piperazine rings is 1. The topological polar surface area (TPSA) is 77.0 Å². The minimum atomic E-state index is -0.505. The standard InChI is InChI=1S/C34H38N4O4/c1-25-30(37-19-21-38(22-20-37)33(39)42-34(2,3)4)17-16-29(35-25)28-15-18-31(40-23-26-11-7-5-8-12-26)36-32(28)41-24-27-13-9-6-10-14-27/h5-18H,19-24H2,1-4H3. The van der Waals surface area contributed by atoms with Gasteiger partial charge in [0.15, 0.2) is 0 Å². The minimum Gasteiger partial charge on any atom is -0.473 e. The van der Waals surface area contributed by atoms with E-state index in [9.17, 15) is 4.79 Å². The van der Waals surface area contributed by atoms with Crippen LogP contribution in [0.4, 0.5) is 10.5 Å². The molecule has 0 unspecified atom stereocenters. The Bertz CT molecular complexity index is 1480. The van der Waals surface area contributed by atoms with E-state index in [0.717, 1.165) is 33.8 Å². The van der Waals surface area contributed by atoms with Crippen molar-refractivity contribution in [3.63, 3.8) is 0 Å². The Hall–Kier alpha value is -4.59. The second-order valence-electron chi connectivity index (χ2n) is 11.3. The first-order valence-corrected chi connectivity index (χ1v) is 14.3. The van der Waals surface area contributed by atoms with Crippen molar-refractivity contribution in [1.29, 1.82) is 0 Å². The Balaban J connectivity index is 1.32. The van der Waals surface area contributed by atoms with Crippen LogP contribution in [0.3, 0.4) is 0 Å². The van der Waals surface area contributed by atoms with Gasteiger partial charge in [-0.15, -0.1) is 0 Å². The van der Waals surface area contributed by atoms with Crippen LogP contribution in [0.2, 0.25) is 0 Å². The van der Waals surface area contributed by atoms with Crippen molar-refractivity contribution in [3.05, 3.63) is 102 Å². The molecule has 1 aliphatic heterocycles. The van der Waals surface area contributed by atoms with Gasteiger partial charge in [-0.3, -0.25) is 4.98 Å². The van der Waals surface area contributed by atoms with Crippen molar-refractivity contribution >= 4 is 11.8 Å². The number of carbonyl (C=O) groups is 1. The number of amides is 1. The van der Waals surface area contributed by atoms with Gasteiger partial charge in [0.05, 0.1) is 22.6 Å². The van der Waals surface area contributed by atoms with Crippen molar-refractivity contribution in [1.82, 2.24) is 14.9 Å². The molecule has 2 aromatic heterocycles. The Morgan fingerprint density at radius 1 is 0.762 bits per heavy atom. The molecular weight excluding hydrogens is 528 g/mol. The summed E-state index contributed by atoms with van der Waals surface area (Å²) >= 11 is 0. The lowest BCUT2D eigenvalue weighted by Gasteiger charge is -2.37. The predicted molar refractivity (Wildman–Crippen MR) is 164 cm³/mol. The molecule has 4 aromatic rings. The summed E-state index contributed by atoms with van der Waals surface area (Å²) in [6, 6.07) is 27.9. The van der Waals surface area contributed by atoms with Crippen molar-refractivity contribution in [2.75, 3.05) is 31.1 Å². The van der Waals surface area contributed by atoms with E-state index in [2.05, 4.69) is 11.0 Å². The highest BCUT2D eigenvalue weighted by Gasteiger charge is 2.27. The van der Waals surface area contributed by atoms with E-state index in [4.69, 9.17) is 24.2 Å². The quantitative estimate of drug-likeness (QED) is 0.236. The summed E-state index contributed by atoms with van der Waals surface area (Å²) < 4.78 is 17.8. The maximum atomic E-state index is 12.5. The molecule has 8 heteroatoms. The third-order valence-electron chi connectivity index (χ3n) is 6.89. The summed E-state index contributed by atoms with van der Waals surface area (Å²) in [7, 11) is 0. The van der Waals surface area contributed by atoms with Crippen molar-refractivity contribution in [2.45, 2.75) is 46.5 Å². The third kappa shape index (κ3) is 7.57. The average Bonchev–Trinajstić information content (AvgIpc) is 2.99. The highest BCUT2D eigenvalue weighted by molar-refractivity contribution is 5.70. The molecule has 1 amide bonds. The molecule has 8 nitrogen and oxygen atoms in total. The molecule has 42 heavy (non-hydrogen) atoms. The summed E-state index contributed by atoms with van der Waals surface area (Å²) in [5.41, 5.74) is 5.12. The molecule has 0 radical (unpaired) electrons. The summed E-state index contributed by atoms with van der Waals surface area (Å²) in [6.45, 7) is 11.1. The number of anilines is 1. The maximum Gasteiger partial charge on any atom is 0.410 e. The second kappa shape index (κ2) is 12.9. The van der Waals surface area contributed by atoms with Gasteiger partial charge in [-0.25, -0.2) is 4.79 Å². The van der Waals surface area contributed by atoms with Gasteiger partial charge in [0.25, 0.3) is 0 Å². The fraction of sp³-hybridized carbons (Fsp3) is 0.324. The van der Waals surface area contributed by atoms with Crippen LogP contribution in [0.25, 0.3) is 11.3 Å². The lowest BCUT2D eigenvalue weighted by Crippen LogP contribution is -2.50. The van der Waals surface area contributed by atoms with Gasteiger partial charge in [0.2, 0.25) is 11.8 Å². The van der Waals surface area contributed by atoms with Gasteiger partial charge in [0, 0.05) is 32.2 Å². The molecule has 0 saturated carbocycles. The minimum absolute atomic E-state index is 0.265. The fourth-order valence-corrected chi connectivity index (χ4v) is 4.76. The molecule has 0 spiro atoms. The largest absolute Gasteiger partial charge is 0.473 e. The molecule has 0 aliphatic carbocycles. The van der Waals surface area contributed by atoms with Crippen LogP contribution in [0.1, 0.15) is 37.6 Å². The molecule has 0 N–H and O–H groups in total. The highest BCUT2D eigenvalue weighted by atomic mass is 16.6. The second-order valence-corrected chi connectivity index (χ2v) is 11.3. The van der Waals surface area contributed by atoms with Gasteiger partial charge in [0.1, 0.15) is 18.8 Å². The van der Waals surface area contributed by atoms with E-state index < -0.39 is 5.60 Å². The first-order chi connectivity index (χ1) is 20.2. The molecule has 218 valence electrons. The normalized spacial score (nSPS) is 13.5. The highest BCUT2D eigenvalue weighted by Crippen LogP contribution is 2.32. The van der Waals surface area contributed by atoms with Crippen molar-refractivity contribution in [3.8, 4) is 23.0 Å². The zero-order chi connectivity index (χ0) is 29.5. The number of nitrogens with zero attached hydrogens (tertiary/aromatic N) is 4. The first kappa shape index (κ1) is 28.9. The number of pyridine rings is 2. The number of ether oxygens (including phenoxy) is 3. The Morgan fingerprint density at radius 3 is 1.98 bits per heavy atom. The Kier molecular flexibility index (Phi) is 8.91. The molecule has 0 bridgehead atoms. The van der Waals surface area contributed by atoms with Crippen LogP contribution >= 0.6 is 0 Å². The van der Waals surface area contributed by atoms with Crippen LogP contribution < -0.4 is 14.4 Å². The summed E-state index contributed by atoms with van der Waals surface area (Å²) in [5.74, 6) is 0.955. The Labute approximate surface area is 247 Å². The number of hydrogen-bond acceptors (Lipinski definition) is 7. The summed E-state index contributed by atoms with van der Waals surface area (Å²) in [4.78, 5) is 26.2. The van der Waals surface area contributed by atoms with E-state index in [-0.39, 0.29) is 6.09 Å². The first-order valence-electron chi connectivity index (χ1n) is 14.3. The third-order valence-corrected chi connectivity index (χ3v) is 6.89. The summed E-state index contributed by atoms with van der Waals surface area (Å²) in [6.07, 6.45) is -0.265.